The van der Waals surface area contributed by atoms with Crippen LogP contribution in [0.5, 0.6) is 0 Å². The second kappa shape index (κ2) is 12.3. The number of hydrogen-bond acceptors (Lipinski definition) is 4. The number of aromatic amines is 2. The van der Waals surface area contributed by atoms with Gasteiger partial charge in [-0.1, -0.05) is 78.9 Å². The third-order valence-corrected chi connectivity index (χ3v) is 8.89. The number of amides is 1. The average Bonchev–Trinajstić information content (AvgIpc) is 3.78. The van der Waals surface area contributed by atoms with Gasteiger partial charge in [-0.2, -0.15) is 0 Å². The van der Waals surface area contributed by atoms with Gasteiger partial charge in [0.15, 0.2) is 5.82 Å². The summed E-state index contributed by atoms with van der Waals surface area (Å²) in [7, 11) is 0. The Morgan fingerprint density at radius 1 is 0.783 bits per heavy atom. The molecule has 232 valence electrons. The van der Waals surface area contributed by atoms with E-state index >= 15 is 0 Å². The maximum absolute atomic E-state index is 13.4. The number of aryl methyl sites for hydroxylation is 2. The number of fused-ring (bicyclic) bond motifs is 3. The summed E-state index contributed by atoms with van der Waals surface area (Å²) in [5, 5.41) is 17.6. The number of nitrogens with zero attached hydrogens (tertiary/aromatic N) is 3. The van der Waals surface area contributed by atoms with Gasteiger partial charge in [-0.25, -0.2) is 0 Å². The summed E-state index contributed by atoms with van der Waals surface area (Å²) in [5.41, 5.74) is 11.0. The van der Waals surface area contributed by atoms with Crippen LogP contribution in [0.3, 0.4) is 0 Å². The minimum absolute atomic E-state index is 0.238. The van der Waals surface area contributed by atoms with Gasteiger partial charge < -0.3 is 25.6 Å². The van der Waals surface area contributed by atoms with Crippen molar-refractivity contribution in [3.05, 3.63) is 132 Å². The van der Waals surface area contributed by atoms with Crippen LogP contribution >= 0.6 is 0 Å². The van der Waals surface area contributed by atoms with E-state index in [2.05, 4.69) is 105 Å². The second-order valence-corrected chi connectivity index (χ2v) is 12.7. The van der Waals surface area contributed by atoms with Crippen molar-refractivity contribution in [3.63, 3.8) is 0 Å². The molecular weight excluding hydrogens is 570 g/mol. The molecule has 0 saturated heterocycles. The van der Waals surface area contributed by atoms with Crippen molar-refractivity contribution in [3.8, 4) is 0 Å². The van der Waals surface area contributed by atoms with Crippen LogP contribution in [0.4, 0.5) is 0 Å². The molecule has 7 rings (SSSR count). The zero-order valence-corrected chi connectivity index (χ0v) is 26.3. The summed E-state index contributed by atoms with van der Waals surface area (Å²) in [6.07, 6.45) is 7.23. The van der Waals surface area contributed by atoms with Crippen molar-refractivity contribution >= 4 is 38.5 Å². The Hall–Kier alpha value is -5.21. The number of nitrogens with two attached hydrogens (primary N) is 1. The minimum atomic E-state index is -1.05. The lowest BCUT2D eigenvalue weighted by Crippen LogP contribution is -2.50. The number of benzene rings is 4. The summed E-state index contributed by atoms with van der Waals surface area (Å²) in [6.45, 7) is 4.03. The van der Waals surface area contributed by atoms with Crippen LogP contribution < -0.4 is 11.1 Å². The van der Waals surface area contributed by atoms with E-state index in [1.54, 1.807) is 13.8 Å². The van der Waals surface area contributed by atoms with E-state index in [-0.39, 0.29) is 5.91 Å². The highest BCUT2D eigenvalue weighted by atomic mass is 16.2. The number of H-pyrrole nitrogens is 2. The number of rotatable bonds is 11. The van der Waals surface area contributed by atoms with E-state index in [9.17, 15) is 4.79 Å². The van der Waals surface area contributed by atoms with E-state index in [4.69, 9.17) is 15.9 Å². The first-order valence-electron chi connectivity index (χ1n) is 15.9. The van der Waals surface area contributed by atoms with E-state index < -0.39 is 11.6 Å². The zero-order valence-electron chi connectivity index (χ0n) is 26.3. The van der Waals surface area contributed by atoms with Gasteiger partial charge >= 0.3 is 0 Å². The number of para-hydroxylation sites is 2. The molecule has 5 N–H and O–H groups in total. The van der Waals surface area contributed by atoms with Crippen LogP contribution in [0.2, 0.25) is 0 Å². The molecule has 1 amide bonds. The first kappa shape index (κ1) is 29.5. The lowest BCUT2D eigenvalue weighted by atomic mass is 10.0. The van der Waals surface area contributed by atoms with Crippen molar-refractivity contribution in [2.45, 2.75) is 57.7 Å². The normalized spacial score (nSPS) is 12.7. The molecule has 0 aliphatic rings. The molecular formula is C38H39N7O. The summed E-state index contributed by atoms with van der Waals surface area (Å²) < 4.78 is 2.21. The molecule has 0 bridgehead atoms. The molecule has 0 aliphatic heterocycles. The van der Waals surface area contributed by atoms with Crippen LogP contribution in [-0.2, 0) is 30.6 Å². The monoisotopic (exact) mass is 609 g/mol. The lowest BCUT2D eigenvalue weighted by Gasteiger charge is -2.25. The van der Waals surface area contributed by atoms with Crippen LogP contribution in [0.1, 0.15) is 54.6 Å². The summed E-state index contributed by atoms with van der Waals surface area (Å²) in [6, 6.07) is 31.0. The third kappa shape index (κ3) is 5.91. The quantitative estimate of drug-likeness (QED) is 0.130. The second-order valence-electron chi connectivity index (χ2n) is 12.7. The fourth-order valence-corrected chi connectivity index (χ4v) is 6.41. The van der Waals surface area contributed by atoms with Gasteiger partial charge in [-0.05, 0) is 66.3 Å². The summed E-state index contributed by atoms with van der Waals surface area (Å²) in [4.78, 5) is 20.2. The van der Waals surface area contributed by atoms with Gasteiger partial charge in [0, 0.05) is 47.0 Å². The molecule has 46 heavy (non-hydrogen) atoms. The number of aromatic nitrogens is 5. The Bertz CT molecular complexity index is 2140. The zero-order chi connectivity index (χ0) is 31.7. The van der Waals surface area contributed by atoms with E-state index in [0.29, 0.717) is 13.0 Å². The van der Waals surface area contributed by atoms with Crippen LogP contribution in [-0.4, -0.2) is 36.2 Å². The van der Waals surface area contributed by atoms with E-state index in [1.807, 2.05) is 18.3 Å². The summed E-state index contributed by atoms with van der Waals surface area (Å²) >= 11 is 0. The average molecular weight is 610 g/mol. The van der Waals surface area contributed by atoms with Gasteiger partial charge in [-0.3, -0.25) is 4.79 Å². The molecule has 4 aromatic carbocycles. The molecule has 0 fully saturated rings. The first-order valence-corrected chi connectivity index (χ1v) is 15.9. The number of carbonyl (C=O) groups is 1. The van der Waals surface area contributed by atoms with Crippen LogP contribution in [0.15, 0.2) is 103 Å². The maximum Gasteiger partial charge on any atom is 0.240 e. The Kier molecular flexibility index (Phi) is 7.88. The Balaban J connectivity index is 1.27. The topological polar surface area (TPSA) is 117 Å². The van der Waals surface area contributed by atoms with E-state index in [1.165, 1.54) is 27.3 Å². The fraction of sp³-hybridized carbons (Fsp3) is 0.237. The highest BCUT2D eigenvalue weighted by Crippen LogP contribution is 2.28. The number of carbonyl (C=O) groups excluding carboxylic acids is 1. The molecule has 3 heterocycles. The van der Waals surface area contributed by atoms with Crippen molar-refractivity contribution in [2.24, 2.45) is 5.73 Å². The fourth-order valence-electron chi connectivity index (χ4n) is 6.41. The van der Waals surface area contributed by atoms with Crippen molar-refractivity contribution in [1.29, 1.82) is 0 Å². The van der Waals surface area contributed by atoms with E-state index in [0.717, 1.165) is 52.9 Å². The molecule has 3 aromatic heterocycles. The van der Waals surface area contributed by atoms with Gasteiger partial charge in [0.2, 0.25) is 5.91 Å². The molecule has 0 aliphatic carbocycles. The molecule has 1 atom stereocenters. The summed E-state index contributed by atoms with van der Waals surface area (Å²) in [5.74, 6) is 1.38. The van der Waals surface area contributed by atoms with Crippen LogP contribution in [0.25, 0.3) is 32.6 Å². The van der Waals surface area contributed by atoms with Crippen molar-refractivity contribution in [1.82, 2.24) is 30.0 Å². The first-order chi connectivity index (χ1) is 22.3. The number of hydrogen-bond donors (Lipinski definition) is 4. The van der Waals surface area contributed by atoms with Gasteiger partial charge in [-0.15, -0.1) is 10.2 Å². The van der Waals surface area contributed by atoms with Gasteiger partial charge in [0.1, 0.15) is 5.82 Å². The number of nitrogens with one attached hydrogen (secondary N) is 3. The molecule has 0 radical (unpaired) electrons. The highest BCUT2D eigenvalue weighted by molar-refractivity contribution is 5.87. The Morgan fingerprint density at radius 2 is 1.41 bits per heavy atom. The predicted molar refractivity (Wildman–Crippen MR) is 185 cm³/mol. The van der Waals surface area contributed by atoms with Crippen molar-refractivity contribution in [2.75, 3.05) is 0 Å². The standard InChI is InChI=1S/C38H39N7O/c1-38(2,39)37(46)42-34(21-28-23-41-33-19-8-6-17-31(28)33)36-44-43-35(20-10-13-26-22-40-32-18-7-5-16-30(26)32)45(36)24-27-14-9-12-25-11-3-4-15-29(25)27/h3-9,11-12,14-19,22-23,34,40-41H,10,13,20-21,24,39H2,1-2H3,(H,42,46)/t34-/m1/s1. The maximum atomic E-state index is 13.4. The Labute approximate surface area is 268 Å². The molecule has 0 unspecified atom stereocenters. The molecule has 8 heteroatoms. The molecule has 0 spiro atoms. The Morgan fingerprint density at radius 3 is 2.15 bits per heavy atom. The lowest BCUT2D eigenvalue weighted by molar-refractivity contribution is -0.126. The molecule has 0 saturated carbocycles. The highest BCUT2D eigenvalue weighted by Gasteiger charge is 2.30. The van der Waals surface area contributed by atoms with Gasteiger partial charge in [0.05, 0.1) is 18.1 Å². The van der Waals surface area contributed by atoms with Crippen molar-refractivity contribution < 1.29 is 4.79 Å². The smallest absolute Gasteiger partial charge is 0.240 e. The third-order valence-electron chi connectivity index (χ3n) is 8.89. The molecule has 7 aromatic rings. The largest absolute Gasteiger partial charge is 0.361 e. The van der Waals surface area contributed by atoms with Crippen LogP contribution in [0, 0.1) is 0 Å². The predicted octanol–water partition coefficient (Wildman–Crippen LogP) is 6.75. The minimum Gasteiger partial charge on any atom is -0.361 e. The SMILES string of the molecule is CC(C)(N)C(=O)N[C@H](Cc1c[nH]c2ccccc12)c1nnc(CCCc2c[nH]c3ccccc23)n1Cc1cccc2ccccc12. The molecule has 8 nitrogen and oxygen atoms in total. The van der Waals surface area contributed by atoms with Gasteiger partial charge in [0.25, 0.3) is 0 Å².